The van der Waals surface area contributed by atoms with Crippen LogP contribution in [-0.4, -0.2) is 28.0 Å². The third-order valence-electron chi connectivity index (χ3n) is 5.42. The van der Waals surface area contributed by atoms with Gasteiger partial charge in [-0.2, -0.15) is 0 Å². The second-order valence-electron chi connectivity index (χ2n) is 8.14. The SMILES string of the molecule is CC1(C)CN(c2ccc(NC(O)c3cc(F)c(O)c(C=O)c3)cn2)c2ccc(F)cc21. The number of pyridine rings is 1. The molecule has 0 saturated carbocycles. The van der Waals surface area contributed by atoms with E-state index in [4.69, 9.17) is 0 Å². The van der Waals surface area contributed by atoms with Crippen LogP contribution >= 0.6 is 0 Å². The van der Waals surface area contributed by atoms with Crippen molar-refractivity contribution in [1.29, 1.82) is 0 Å². The largest absolute Gasteiger partial charge is 0.504 e. The number of rotatable bonds is 5. The summed E-state index contributed by atoms with van der Waals surface area (Å²) in [4.78, 5) is 17.4. The maximum absolute atomic E-state index is 13.8. The molecule has 0 spiro atoms. The highest BCUT2D eigenvalue weighted by molar-refractivity contribution is 5.79. The molecular weight excluding hydrogens is 404 g/mol. The first-order valence-corrected chi connectivity index (χ1v) is 9.65. The van der Waals surface area contributed by atoms with Crippen LogP contribution in [0.15, 0.2) is 48.7 Å². The third-order valence-corrected chi connectivity index (χ3v) is 5.42. The van der Waals surface area contributed by atoms with Crippen LogP contribution in [-0.2, 0) is 5.41 Å². The standard InChI is InChI=1S/C23H21F2N3O3/c1-23(2)12-28(19-5-3-15(24)9-17(19)23)20-6-4-16(10-26-20)27-22(31)13-7-14(11-29)21(30)18(25)8-13/h3-11,22,27,30-31H,12H2,1-2H3. The molecule has 0 saturated heterocycles. The minimum atomic E-state index is -1.32. The average molecular weight is 425 g/mol. The van der Waals surface area contributed by atoms with Crippen molar-refractivity contribution in [3.05, 3.63) is 77.0 Å². The van der Waals surface area contributed by atoms with Crippen molar-refractivity contribution in [2.45, 2.75) is 25.5 Å². The molecule has 4 rings (SSSR count). The zero-order valence-electron chi connectivity index (χ0n) is 16.9. The van der Waals surface area contributed by atoms with E-state index in [2.05, 4.69) is 10.3 Å². The number of aromatic nitrogens is 1. The van der Waals surface area contributed by atoms with E-state index in [0.717, 1.165) is 17.3 Å². The van der Waals surface area contributed by atoms with Gasteiger partial charge in [-0.25, -0.2) is 13.8 Å². The van der Waals surface area contributed by atoms with Gasteiger partial charge < -0.3 is 20.4 Å². The number of phenols is 1. The summed E-state index contributed by atoms with van der Waals surface area (Å²) in [5.41, 5.74) is 1.85. The first kappa shape index (κ1) is 20.7. The molecule has 0 bridgehead atoms. The summed E-state index contributed by atoms with van der Waals surface area (Å²) in [5.74, 6) is -1.37. The number of aliphatic hydroxyl groups is 1. The van der Waals surface area contributed by atoms with Gasteiger partial charge in [0.25, 0.3) is 0 Å². The first-order valence-electron chi connectivity index (χ1n) is 9.65. The van der Waals surface area contributed by atoms with E-state index >= 15 is 0 Å². The van der Waals surface area contributed by atoms with Crippen LogP contribution in [0.5, 0.6) is 5.75 Å². The van der Waals surface area contributed by atoms with Crippen LogP contribution in [0.25, 0.3) is 0 Å². The Morgan fingerprint density at radius 3 is 2.65 bits per heavy atom. The van der Waals surface area contributed by atoms with Gasteiger partial charge in [0.2, 0.25) is 0 Å². The van der Waals surface area contributed by atoms with Crippen LogP contribution in [0.2, 0.25) is 0 Å². The number of aldehydes is 1. The molecule has 6 nitrogen and oxygen atoms in total. The molecular formula is C23H21F2N3O3. The zero-order chi connectivity index (χ0) is 22.3. The van der Waals surface area contributed by atoms with Crippen molar-refractivity contribution in [2.24, 2.45) is 0 Å². The van der Waals surface area contributed by atoms with E-state index in [0.29, 0.717) is 24.3 Å². The van der Waals surface area contributed by atoms with Crippen LogP contribution < -0.4 is 10.2 Å². The summed E-state index contributed by atoms with van der Waals surface area (Å²) < 4.78 is 27.5. The highest BCUT2D eigenvalue weighted by Gasteiger charge is 2.36. The number of carbonyl (C=O) groups is 1. The molecule has 0 aliphatic carbocycles. The van der Waals surface area contributed by atoms with Crippen LogP contribution in [0.3, 0.4) is 0 Å². The lowest BCUT2D eigenvalue weighted by atomic mass is 9.87. The van der Waals surface area contributed by atoms with E-state index in [1.807, 2.05) is 18.7 Å². The summed E-state index contributed by atoms with van der Waals surface area (Å²) in [6, 6.07) is 10.3. The number of aliphatic hydroxyl groups excluding tert-OH is 1. The Labute approximate surface area is 177 Å². The van der Waals surface area contributed by atoms with Gasteiger partial charge in [-0.3, -0.25) is 4.79 Å². The van der Waals surface area contributed by atoms with E-state index in [-0.39, 0.29) is 22.4 Å². The molecule has 0 radical (unpaired) electrons. The second kappa shape index (κ2) is 7.63. The lowest BCUT2D eigenvalue weighted by Crippen LogP contribution is -2.25. The van der Waals surface area contributed by atoms with E-state index in [9.17, 15) is 23.8 Å². The quantitative estimate of drug-likeness (QED) is 0.415. The Kier molecular flexibility index (Phi) is 5.10. The Hall–Kier alpha value is -3.52. The number of aromatic hydroxyl groups is 1. The highest BCUT2D eigenvalue weighted by Crippen LogP contribution is 2.44. The molecule has 1 aromatic heterocycles. The zero-order valence-corrected chi connectivity index (χ0v) is 16.9. The van der Waals surface area contributed by atoms with Crippen molar-refractivity contribution in [3.8, 4) is 5.75 Å². The summed E-state index contributed by atoms with van der Waals surface area (Å²) in [7, 11) is 0. The smallest absolute Gasteiger partial charge is 0.166 e. The number of nitrogens with zero attached hydrogens (tertiary/aromatic N) is 2. The molecule has 1 aliphatic rings. The number of phenolic OH excluding ortho intramolecular Hbond substituents is 1. The molecule has 1 aliphatic heterocycles. The van der Waals surface area contributed by atoms with Gasteiger partial charge in [0.1, 0.15) is 11.6 Å². The van der Waals surface area contributed by atoms with Gasteiger partial charge in [0, 0.05) is 23.2 Å². The number of fused-ring (bicyclic) bond motifs is 1. The maximum atomic E-state index is 13.8. The van der Waals surface area contributed by atoms with E-state index < -0.39 is 17.8 Å². The van der Waals surface area contributed by atoms with Crippen LogP contribution in [0.1, 0.15) is 41.6 Å². The molecule has 2 aromatic carbocycles. The summed E-state index contributed by atoms with van der Waals surface area (Å²) in [5, 5.41) is 22.6. The molecule has 1 unspecified atom stereocenters. The molecule has 3 aromatic rings. The van der Waals surface area contributed by atoms with Gasteiger partial charge in [-0.05, 0) is 48.0 Å². The fourth-order valence-corrected chi connectivity index (χ4v) is 3.82. The van der Waals surface area contributed by atoms with Crippen LogP contribution in [0.4, 0.5) is 26.0 Å². The Morgan fingerprint density at radius 2 is 1.97 bits per heavy atom. The van der Waals surface area contributed by atoms with E-state index in [1.165, 1.54) is 18.3 Å². The fourth-order valence-electron chi connectivity index (χ4n) is 3.82. The summed E-state index contributed by atoms with van der Waals surface area (Å²) >= 11 is 0. The minimum Gasteiger partial charge on any atom is -0.504 e. The highest BCUT2D eigenvalue weighted by atomic mass is 19.1. The summed E-state index contributed by atoms with van der Waals surface area (Å²) in [6.45, 7) is 4.72. The Morgan fingerprint density at radius 1 is 1.19 bits per heavy atom. The number of halogens is 2. The normalized spacial score (nSPS) is 15.5. The maximum Gasteiger partial charge on any atom is 0.166 e. The second-order valence-corrected chi connectivity index (χ2v) is 8.14. The number of carbonyl (C=O) groups excluding carboxylic acids is 1. The lowest BCUT2D eigenvalue weighted by Gasteiger charge is -2.22. The lowest BCUT2D eigenvalue weighted by molar-refractivity contribution is 0.112. The van der Waals surface area contributed by atoms with Gasteiger partial charge in [0.15, 0.2) is 24.1 Å². The molecule has 31 heavy (non-hydrogen) atoms. The fraction of sp³-hybridized carbons (Fsp3) is 0.217. The topological polar surface area (TPSA) is 85.7 Å². The monoisotopic (exact) mass is 425 g/mol. The van der Waals surface area contributed by atoms with Crippen LogP contribution in [0, 0.1) is 11.6 Å². The third kappa shape index (κ3) is 3.82. The molecule has 160 valence electrons. The molecule has 8 heteroatoms. The number of anilines is 3. The van der Waals surface area contributed by atoms with Crippen molar-refractivity contribution < 1.29 is 23.8 Å². The number of hydrogen-bond donors (Lipinski definition) is 3. The predicted molar refractivity (Wildman–Crippen MR) is 113 cm³/mol. The molecule has 3 N–H and O–H groups in total. The first-order chi connectivity index (χ1) is 14.7. The molecule has 0 fully saturated rings. The Balaban J connectivity index is 1.55. The average Bonchev–Trinajstić information content (AvgIpc) is 3.00. The number of benzene rings is 2. The molecule has 0 amide bonds. The van der Waals surface area contributed by atoms with Gasteiger partial charge in [-0.15, -0.1) is 0 Å². The van der Waals surface area contributed by atoms with Gasteiger partial charge in [-0.1, -0.05) is 13.8 Å². The number of hydrogen-bond acceptors (Lipinski definition) is 6. The van der Waals surface area contributed by atoms with Gasteiger partial charge >= 0.3 is 0 Å². The van der Waals surface area contributed by atoms with Gasteiger partial charge in [0.05, 0.1) is 17.4 Å². The van der Waals surface area contributed by atoms with E-state index in [1.54, 1.807) is 24.3 Å². The van der Waals surface area contributed by atoms with Crippen molar-refractivity contribution in [1.82, 2.24) is 4.98 Å². The van der Waals surface area contributed by atoms with Crippen molar-refractivity contribution in [3.63, 3.8) is 0 Å². The molecule has 2 heterocycles. The summed E-state index contributed by atoms with van der Waals surface area (Å²) in [6.07, 6.45) is 0.507. The van der Waals surface area contributed by atoms with Crippen molar-refractivity contribution >= 4 is 23.5 Å². The molecule has 1 atom stereocenters. The minimum absolute atomic E-state index is 0.0822. The number of nitrogens with one attached hydrogen (secondary N) is 1. The Bertz CT molecular complexity index is 1150. The predicted octanol–water partition coefficient (Wildman–Crippen LogP) is 4.41. The van der Waals surface area contributed by atoms with Crippen molar-refractivity contribution in [2.75, 3.05) is 16.8 Å².